The van der Waals surface area contributed by atoms with Gasteiger partial charge in [0.15, 0.2) is 6.29 Å². The van der Waals surface area contributed by atoms with E-state index in [9.17, 15) is 8.42 Å². The lowest BCUT2D eigenvalue weighted by Gasteiger charge is -2.22. The number of rotatable bonds is 8. The van der Waals surface area contributed by atoms with Crippen LogP contribution in [-0.4, -0.2) is 35.0 Å². The summed E-state index contributed by atoms with van der Waals surface area (Å²) in [5.41, 5.74) is 1.13. The zero-order valence-corrected chi connectivity index (χ0v) is 13.2. The van der Waals surface area contributed by atoms with E-state index in [0.717, 1.165) is 18.4 Å². The van der Waals surface area contributed by atoms with Gasteiger partial charge < -0.3 is 9.47 Å². The van der Waals surface area contributed by atoms with E-state index >= 15 is 0 Å². The fraction of sp³-hybridized carbons (Fsp3) is 0.571. The molecule has 114 valence electrons. The van der Waals surface area contributed by atoms with Gasteiger partial charge >= 0.3 is 0 Å². The average Bonchev–Trinajstić information content (AvgIpc) is 2.40. The van der Waals surface area contributed by atoms with E-state index in [4.69, 9.17) is 9.47 Å². The highest BCUT2D eigenvalue weighted by Crippen LogP contribution is 2.13. The minimum absolute atomic E-state index is 0.246. The maximum atomic E-state index is 12.2. The molecule has 0 aliphatic heterocycles. The van der Waals surface area contributed by atoms with E-state index in [1.54, 1.807) is 19.1 Å². The van der Waals surface area contributed by atoms with Crippen molar-refractivity contribution in [2.75, 3.05) is 14.2 Å². The largest absolute Gasteiger partial charge is 0.354 e. The van der Waals surface area contributed by atoms with Crippen LogP contribution in [0.1, 0.15) is 25.8 Å². The molecule has 20 heavy (non-hydrogen) atoms. The van der Waals surface area contributed by atoms with Gasteiger partial charge in [0.2, 0.25) is 10.0 Å². The highest BCUT2D eigenvalue weighted by Gasteiger charge is 2.23. The van der Waals surface area contributed by atoms with E-state index in [2.05, 4.69) is 11.6 Å². The van der Waals surface area contributed by atoms with Gasteiger partial charge in [-0.15, -0.1) is 0 Å². The number of hydrogen-bond acceptors (Lipinski definition) is 4. The van der Waals surface area contributed by atoms with Crippen molar-refractivity contribution in [3.63, 3.8) is 0 Å². The standard InChI is InChI=1S/C14H23NO4S/c1-5-6-12-7-9-13(10-8-12)20(16,17)15-11(2)14(18-3)19-4/h7-11,14-15H,5-6H2,1-4H3. The maximum Gasteiger partial charge on any atom is 0.240 e. The topological polar surface area (TPSA) is 64.6 Å². The Kier molecular flexibility index (Phi) is 6.61. The third-order valence-corrected chi connectivity index (χ3v) is 4.56. The quantitative estimate of drug-likeness (QED) is 0.745. The summed E-state index contributed by atoms with van der Waals surface area (Å²) in [6, 6.07) is 6.44. The monoisotopic (exact) mass is 301 g/mol. The van der Waals surface area contributed by atoms with Crippen molar-refractivity contribution >= 4 is 10.0 Å². The Balaban J connectivity index is 2.82. The van der Waals surface area contributed by atoms with Crippen LogP contribution < -0.4 is 4.72 Å². The van der Waals surface area contributed by atoms with Crippen LogP contribution in [0.3, 0.4) is 0 Å². The highest BCUT2D eigenvalue weighted by molar-refractivity contribution is 7.89. The van der Waals surface area contributed by atoms with Gasteiger partial charge in [0, 0.05) is 14.2 Å². The van der Waals surface area contributed by atoms with Crippen LogP contribution in [0.4, 0.5) is 0 Å². The molecule has 0 bridgehead atoms. The second-order valence-electron chi connectivity index (χ2n) is 4.64. The maximum absolute atomic E-state index is 12.2. The molecular weight excluding hydrogens is 278 g/mol. The number of aryl methyl sites for hydroxylation is 1. The number of methoxy groups -OCH3 is 2. The predicted octanol–water partition coefficient (Wildman–Crippen LogP) is 1.92. The zero-order valence-electron chi connectivity index (χ0n) is 12.4. The first-order valence-corrected chi connectivity index (χ1v) is 8.09. The zero-order chi connectivity index (χ0) is 15.2. The van der Waals surface area contributed by atoms with Crippen LogP contribution in [0.5, 0.6) is 0 Å². The van der Waals surface area contributed by atoms with E-state index in [1.807, 2.05) is 12.1 Å². The summed E-state index contributed by atoms with van der Waals surface area (Å²) in [6.07, 6.45) is 1.36. The Bertz CT molecular complexity index is 494. The number of ether oxygens (including phenoxy) is 2. The van der Waals surface area contributed by atoms with Gasteiger partial charge in [-0.1, -0.05) is 25.5 Å². The minimum Gasteiger partial charge on any atom is -0.354 e. The van der Waals surface area contributed by atoms with Gasteiger partial charge in [0.1, 0.15) is 0 Å². The van der Waals surface area contributed by atoms with E-state index < -0.39 is 22.4 Å². The van der Waals surface area contributed by atoms with Crippen molar-refractivity contribution in [1.82, 2.24) is 4.72 Å². The minimum atomic E-state index is -3.57. The molecule has 1 aromatic carbocycles. The SMILES string of the molecule is CCCc1ccc(S(=O)(=O)NC(C)C(OC)OC)cc1. The summed E-state index contributed by atoms with van der Waals surface area (Å²) in [5.74, 6) is 0. The van der Waals surface area contributed by atoms with Crippen molar-refractivity contribution in [3.8, 4) is 0 Å². The van der Waals surface area contributed by atoms with Crippen LogP contribution in [0.2, 0.25) is 0 Å². The van der Waals surface area contributed by atoms with Gasteiger partial charge in [-0.2, -0.15) is 0 Å². The molecule has 0 fully saturated rings. The number of nitrogens with one attached hydrogen (secondary N) is 1. The smallest absolute Gasteiger partial charge is 0.240 e. The second kappa shape index (κ2) is 7.73. The summed E-state index contributed by atoms with van der Waals surface area (Å²) in [5, 5.41) is 0. The molecule has 1 N–H and O–H groups in total. The first kappa shape index (κ1) is 17.1. The fourth-order valence-electron chi connectivity index (χ4n) is 2.00. The summed E-state index contributed by atoms with van der Waals surface area (Å²) in [6.45, 7) is 3.78. The van der Waals surface area contributed by atoms with Crippen molar-refractivity contribution in [2.24, 2.45) is 0 Å². The molecule has 1 unspecified atom stereocenters. The van der Waals surface area contributed by atoms with Gasteiger partial charge in [-0.25, -0.2) is 13.1 Å². The lowest BCUT2D eigenvalue weighted by Crippen LogP contribution is -2.42. The normalized spacial score (nSPS) is 13.7. The molecule has 0 aromatic heterocycles. The Labute approximate surface area is 121 Å². The van der Waals surface area contributed by atoms with Crippen LogP contribution in [0, 0.1) is 0 Å². The molecule has 1 rings (SSSR count). The summed E-state index contributed by atoms with van der Waals surface area (Å²) in [4.78, 5) is 0.246. The molecule has 1 aromatic rings. The molecule has 0 amide bonds. The second-order valence-corrected chi connectivity index (χ2v) is 6.36. The molecule has 0 spiro atoms. The van der Waals surface area contributed by atoms with Crippen LogP contribution >= 0.6 is 0 Å². The summed E-state index contributed by atoms with van der Waals surface area (Å²) in [7, 11) is -0.625. The van der Waals surface area contributed by atoms with Crippen LogP contribution in [-0.2, 0) is 25.9 Å². The molecule has 5 nitrogen and oxygen atoms in total. The Morgan fingerprint density at radius 1 is 1.15 bits per heavy atom. The number of sulfonamides is 1. The van der Waals surface area contributed by atoms with Crippen LogP contribution in [0.15, 0.2) is 29.2 Å². The molecular formula is C14H23NO4S. The van der Waals surface area contributed by atoms with Crippen molar-refractivity contribution in [2.45, 2.75) is 43.9 Å². The molecule has 0 saturated carbocycles. The third-order valence-electron chi connectivity index (χ3n) is 2.99. The predicted molar refractivity (Wildman–Crippen MR) is 78.0 cm³/mol. The molecule has 1 atom stereocenters. The average molecular weight is 301 g/mol. The summed E-state index contributed by atoms with van der Waals surface area (Å²) < 4.78 is 37.1. The molecule has 0 radical (unpaired) electrons. The first-order valence-electron chi connectivity index (χ1n) is 6.61. The summed E-state index contributed by atoms with van der Waals surface area (Å²) >= 11 is 0. The number of hydrogen-bond donors (Lipinski definition) is 1. The fourth-order valence-corrected chi connectivity index (χ4v) is 3.23. The lowest BCUT2D eigenvalue weighted by molar-refractivity contribution is -0.115. The lowest BCUT2D eigenvalue weighted by atomic mass is 10.1. The molecule has 0 saturated heterocycles. The number of benzene rings is 1. The van der Waals surface area contributed by atoms with Crippen molar-refractivity contribution in [3.05, 3.63) is 29.8 Å². The molecule has 0 aliphatic carbocycles. The molecule has 0 aliphatic rings. The Morgan fingerprint density at radius 3 is 2.15 bits per heavy atom. The van der Waals surface area contributed by atoms with Gasteiger partial charge in [-0.3, -0.25) is 0 Å². The Morgan fingerprint density at radius 2 is 1.70 bits per heavy atom. The van der Waals surface area contributed by atoms with Crippen LogP contribution in [0.25, 0.3) is 0 Å². The van der Waals surface area contributed by atoms with E-state index in [0.29, 0.717) is 0 Å². The van der Waals surface area contributed by atoms with E-state index in [1.165, 1.54) is 14.2 Å². The van der Waals surface area contributed by atoms with E-state index in [-0.39, 0.29) is 4.90 Å². The molecule has 6 heteroatoms. The van der Waals surface area contributed by atoms with Gasteiger partial charge in [-0.05, 0) is 31.0 Å². The molecule has 0 heterocycles. The van der Waals surface area contributed by atoms with Gasteiger partial charge in [0.05, 0.1) is 10.9 Å². The van der Waals surface area contributed by atoms with Gasteiger partial charge in [0.25, 0.3) is 0 Å². The first-order chi connectivity index (χ1) is 9.44. The van der Waals surface area contributed by atoms with Crippen molar-refractivity contribution in [1.29, 1.82) is 0 Å². The highest BCUT2D eigenvalue weighted by atomic mass is 32.2. The third kappa shape index (κ3) is 4.56. The Hall–Kier alpha value is -0.950. The van der Waals surface area contributed by atoms with Crippen molar-refractivity contribution < 1.29 is 17.9 Å².